The van der Waals surface area contributed by atoms with Crippen LogP contribution in [0.25, 0.3) is 0 Å². The van der Waals surface area contributed by atoms with Gasteiger partial charge in [0.05, 0.1) is 6.42 Å². The number of aliphatic imine (C=N–C) groups is 1. The quantitative estimate of drug-likeness (QED) is 0.564. The Labute approximate surface area is 131 Å². The molecule has 3 rings (SSSR count). The fraction of sp³-hybridized carbons (Fsp3) is 0.667. The molecule has 0 unspecified atom stereocenters. The average Bonchev–Trinajstić information content (AvgIpc) is 3.27. The van der Waals surface area contributed by atoms with Crippen LogP contribution in [0.1, 0.15) is 37.8 Å². The Hall–Kier alpha value is -1.89. The van der Waals surface area contributed by atoms with Crippen molar-refractivity contribution >= 4 is 17.5 Å². The zero-order valence-corrected chi connectivity index (χ0v) is 13.2. The molecule has 2 fully saturated rings. The normalized spacial score (nSPS) is 20.4. The molecule has 1 aliphatic heterocycles. The van der Waals surface area contributed by atoms with Gasteiger partial charge in [-0.1, -0.05) is 6.92 Å². The van der Waals surface area contributed by atoms with Crippen LogP contribution in [0.15, 0.2) is 11.1 Å². The lowest BCUT2D eigenvalue weighted by atomic mass is 10.2. The second kappa shape index (κ2) is 6.48. The maximum Gasteiger partial charge on any atom is 0.175 e. The van der Waals surface area contributed by atoms with Gasteiger partial charge >= 0.3 is 0 Å². The summed E-state index contributed by atoms with van der Waals surface area (Å²) < 4.78 is 0. The number of aromatic amines is 1. The van der Waals surface area contributed by atoms with E-state index in [-0.39, 0.29) is 0 Å². The molecule has 2 aliphatic rings. The van der Waals surface area contributed by atoms with Crippen molar-refractivity contribution in [3.63, 3.8) is 0 Å². The molecule has 1 aliphatic carbocycles. The van der Waals surface area contributed by atoms with Crippen molar-refractivity contribution in [2.24, 2.45) is 10.7 Å². The fourth-order valence-corrected chi connectivity index (χ4v) is 2.79. The highest BCUT2D eigenvalue weighted by atomic mass is 15.3. The molecule has 1 saturated heterocycles. The standard InChI is InChI=1S/C15H25N7/c1-2-21-5-7-22(8-6-21)14(17)10-13(16)18-15-9-12(19-20-15)11-3-4-11/h9,11,17H,2-8,10H2,1H3,(H3,16,18,19,20). The van der Waals surface area contributed by atoms with E-state index in [1.165, 1.54) is 12.8 Å². The van der Waals surface area contributed by atoms with Gasteiger partial charge in [0, 0.05) is 43.9 Å². The van der Waals surface area contributed by atoms with Gasteiger partial charge in [-0.25, -0.2) is 4.99 Å². The molecule has 0 bridgehead atoms. The van der Waals surface area contributed by atoms with Crippen molar-refractivity contribution in [1.29, 1.82) is 5.41 Å². The Morgan fingerprint density at radius 2 is 2.14 bits per heavy atom. The number of piperazine rings is 1. The summed E-state index contributed by atoms with van der Waals surface area (Å²) in [5.41, 5.74) is 7.14. The highest BCUT2D eigenvalue weighted by Crippen LogP contribution is 2.39. The molecule has 0 atom stereocenters. The van der Waals surface area contributed by atoms with E-state index in [9.17, 15) is 0 Å². The number of amidine groups is 2. The first kappa shape index (κ1) is 15.0. The van der Waals surface area contributed by atoms with Gasteiger partial charge in [0.15, 0.2) is 5.82 Å². The Kier molecular flexibility index (Phi) is 4.42. The van der Waals surface area contributed by atoms with Gasteiger partial charge in [0.25, 0.3) is 0 Å². The maximum absolute atomic E-state index is 8.20. The number of rotatable bonds is 5. The highest BCUT2D eigenvalue weighted by molar-refractivity contribution is 6.01. The predicted octanol–water partition coefficient (Wildman–Crippen LogP) is 1.28. The second-order valence-corrected chi connectivity index (χ2v) is 6.10. The molecule has 22 heavy (non-hydrogen) atoms. The van der Waals surface area contributed by atoms with Crippen molar-refractivity contribution < 1.29 is 0 Å². The molecule has 2 heterocycles. The Morgan fingerprint density at radius 1 is 1.41 bits per heavy atom. The number of nitrogens with two attached hydrogens (primary N) is 1. The smallest absolute Gasteiger partial charge is 0.175 e. The molecule has 0 spiro atoms. The van der Waals surface area contributed by atoms with Gasteiger partial charge < -0.3 is 15.5 Å². The fourth-order valence-electron chi connectivity index (χ4n) is 2.79. The van der Waals surface area contributed by atoms with Gasteiger partial charge in [-0.3, -0.25) is 10.5 Å². The summed E-state index contributed by atoms with van der Waals surface area (Å²) >= 11 is 0. The Balaban J connectivity index is 1.52. The van der Waals surface area contributed by atoms with E-state index in [4.69, 9.17) is 11.1 Å². The monoisotopic (exact) mass is 303 g/mol. The molecule has 120 valence electrons. The Morgan fingerprint density at radius 3 is 2.77 bits per heavy atom. The van der Waals surface area contributed by atoms with E-state index in [0.29, 0.717) is 29.8 Å². The van der Waals surface area contributed by atoms with Crippen molar-refractivity contribution in [3.8, 4) is 0 Å². The molecule has 1 aromatic rings. The number of nitrogens with one attached hydrogen (secondary N) is 2. The van der Waals surface area contributed by atoms with E-state index in [0.717, 1.165) is 38.4 Å². The first-order valence-corrected chi connectivity index (χ1v) is 8.08. The van der Waals surface area contributed by atoms with Crippen molar-refractivity contribution in [2.45, 2.75) is 32.1 Å². The Bertz CT molecular complexity index is 550. The molecule has 0 aromatic carbocycles. The molecule has 0 amide bonds. The number of likely N-dealkylation sites (N-methyl/N-ethyl adjacent to an activating group) is 1. The largest absolute Gasteiger partial charge is 0.387 e. The molecule has 0 radical (unpaired) electrons. The summed E-state index contributed by atoms with van der Waals surface area (Å²) in [6.07, 6.45) is 2.85. The van der Waals surface area contributed by atoms with Crippen molar-refractivity contribution in [3.05, 3.63) is 11.8 Å². The second-order valence-electron chi connectivity index (χ2n) is 6.10. The molecule has 4 N–H and O–H groups in total. The van der Waals surface area contributed by atoms with Crippen LogP contribution in [0.2, 0.25) is 0 Å². The minimum Gasteiger partial charge on any atom is -0.387 e. The lowest BCUT2D eigenvalue weighted by Crippen LogP contribution is -2.48. The maximum atomic E-state index is 8.20. The number of aromatic nitrogens is 2. The van der Waals surface area contributed by atoms with Gasteiger partial charge in [-0.15, -0.1) is 0 Å². The average molecular weight is 303 g/mol. The van der Waals surface area contributed by atoms with Crippen molar-refractivity contribution in [1.82, 2.24) is 20.0 Å². The van der Waals surface area contributed by atoms with Gasteiger partial charge in [-0.2, -0.15) is 5.10 Å². The van der Waals surface area contributed by atoms with Crippen LogP contribution in [0.4, 0.5) is 5.82 Å². The van der Waals surface area contributed by atoms with E-state index < -0.39 is 0 Å². The van der Waals surface area contributed by atoms with Gasteiger partial charge in [0.2, 0.25) is 0 Å². The molecule has 1 aromatic heterocycles. The van der Waals surface area contributed by atoms with Crippen LogP contribution in [-0.4, -0.2) is 64.4 Å². The van der Waals surface area contributed by atoms with E-state index in [1.807, 2.05) is 6.07 Å². The van der Waals surface area contributed by atoms with Crippen LogP contribution >= 0.6 is 0 Å². The summed E-state index contributed by atoms with van der Waals surface area (Å²) in [6, 6.07) is 1.97. The number of hydrogen-bond donors (Lipinski definition) is 3. The first-order chi connectivity index (χ1) is 10.7. The number of hydrogen-bond acceptors (Lipinski definition) is 4. The van der Waals surface area contributed by atoms with Crippen LogP contribution in [0.3, 0.4) is 0 Å². The zero-order chi connectivity index (χ0) is 15.5. The minimum atomic E-state index is 0.387. The van der Waals surface area contributed by atoms with Crippen LogP contribution in [0.5, 0.6) is 0 Å². The number of nitrogens with zero attached hydrogens (tertiary/aromatic N) is 4. The summed E-state index contributed by atoms with van der Waals surface area (Å²) in [5, 5.41) is 15.4. The molecular formula is C15H25N7. The predicted molar refractivity (Wildman–Crippen MR) is 87.9 cm³/mol. The third-order valence-corrected chi connectivity index (χ3v) is 4.41. The lowest BCUT2D eigenvalue weighted by molar-refractivity contribution is 0.188. The summed E-state index contributed by atoms with van der Waals surface area (Å²) in [7, 11) is 0. The van der Waals surface area contributed by atoms with Crippen LogP contribution < -0.4 is 5.73 Å². The molecular weight excluding hydrogens is 278 g/mol. The van der Waals surface area contributed by atoms with Gasteiger partial charge in [-0.05, 0) is 19.4 Å². The SMILES string of the molecule is CCN1CCN(C(=N)CC(N)=Nc2cc(C3CC3)[nH]n2)CC1. The third kappa shape index (κ3) is 3.65. The topological polar surface area (TPSA) is 97.4 Å². The first-order valence-electron chi connectivity index (χ1n) is 8.08. The van der Waals surface area contributed by atoms with Crippen LogP contribution in [-0.2, 0) is 0 Å². The summed E-state index contributed by atoms with van der Waals surface area (Å²) in [5.74, 6) is 2.26. The van der Waals surface area contributed by atoms with E-state index >= 15 is 0 Å². The molecule has 7 heteroatoms. The number of H-pyrrole nitrogens is 1. The van der Waals surface area contributed by atoms with E-state index in [1.54, 1.807) is 0 Å². The zero-order valence-electron chi connectivity index (χ0n) is 13.2. The van der Waals surface area contributed by atoms with E-state index in [2.05, 4.69) is 31.9 Å². The summed E-state index contributed by atoms with van der Waals surface area (Å²) in [6.45, 7) is 7.07. The van der Waals surface area contributed by atoms with Gasteiger partial charge in [0.1, 0.15) is 11.7 Å². The highest BCUT2D eigenvalue weighted by Gasteiger charge is 2.25. The minimum absolute atomic E-state index is 0.387. The van der Waals surface area contributed by atoms with Crippen molar-refractivity contribution in [2.75, 3.05) is 32.7 Å². The molecule has 7 nitrogen and oxygen atoms in total. The van der Waals surface area contributed by atoms with Crippen LogP contribution in [0, 0.1) is 5.41 Å². The summed E-state index contributed by atoms with van der Waals surface area (Å²) in [4.78, 5) is 8.82. The lowest BCUT2D eigenvalue weighted by Gasteiger charge is -2.35. The third-order valence-electron chi connectivity index (χ3n) is 4.41. The molecule has 1 saturated carbocycles.